The largest absolute Gasteiger partial charge is 0.504 e. The third-order valence-corrected chi connectivity index (χ3v) is 6.16. The van der Waals surface area contributed by atoms with Gasteiger partial charge in [-0.1, -0.05) is 12.1 Å². The van der Waals surface area contributed by atoms with Crippen molar-refractivity contribution in [1.82, 2.24) is 9.71 Å². The van der Waals surface area contributed by atoms with E-state index in [2.05, 4.69) is 9.71 Å². The van der Waals surface area contributed by atoms with Crippen molar-refractivity contribution < 1.29 is 23.4 Å². The Labute approximate surface area is 186 Å². The second-order valence-electron chi connectivity index (χ2n) is 6.94. The van der Waals surface area contributed by atoms with Crippen molar-refractivity contribution in [2.45, 2.75) is 11.3 Å². The Balaban J connectivity index is 1.61. The van der Waals surface area contributed by atoms with Crippen LogP contribution in [0.5, 0.6) is 11.5 Å². The molecule has 0 bridgehead atoms. The van der Waals surface area contributed by atoms with Gasteiger partial charge in [-0.15, -0.1) is 0 Å². The molecule has 2 aromatic carbocycles. The molecule has 166 valence electrons. The van der Waals surface area contributed by atoms with Crippen LogP contribution in [0.2, 0.25) is 0 Å². The number of hydrogen-bond acceptors (Lipinski definition) is 6. The van der Waals surface area contributed by atoms with E-state index in [4.69, 9.17) is 0 Å². The van der Waals surface area contributed by atoms with Crippen molar-refractivity contribution in [2.75, 3.05) is 18.5 Å². The molecule has 3 rings (SSSR count). The molecule has 32 heavy (non-hydrogen) atoms. The minimum atomic E-state index is -3.69. The highest BCUT2D eigenvalue weighted by atomic mass is 32.2. The summed E-state index contributed by atoms with van der Waals surface area (Å²) in [7, 11) is -2.12. The number of likely N-dealkylation sites (N-methyl/N-ethyl adjacent to an activating group) is 1. The van der Waals surface area contributed by atoms with Crippen molar-refractivity contribution in [2.24, 2.45) is 0 Å². The number of aromatic nitrogens is 1. The Hall–Kier alpha value is -3.69. The van der Waals surface area contributed by atoms with Crippen molar-refractivity contribution in [3.63, 3.8) is 0 Å². The molecule has 0 aliphatic carbocycles. The second kappa shape index (κ2) is 10.1. The lowest BCUT2D eigenvalue weighted by Gasteiger charge is -2.16. The molecule has 0 saturated carbocycles. The number of phenolic OH excluding ortho intramolecular Hbond substituents is 2. The minimum Gasteiger partial charge on any atom is -0.504 e. The summed E-state index contributed by atoms with van der Waals surface area (Å²) >= 11 is 0. The van der Waals surface area contributed by atoms with Crippen LogP contribution in [0.1, 0.15) is 11.3 Å². The Morgan fingerprint density at radius 1 is 1.06 bits per heavy atom. The first-order valence-corrected chi connectivity index (χ1v) is 11.2. The molecule has 9 heteroatoms. The average molecular weight is 454 g/mol. The summed E-state index contributed by atoms with van der Waals surface area (Å²) in [6, 6.07) is 15.6. The summed E-state index contributed by atoms with van der Waals surface area (Å²) in [5.41, 5.74) is 1.85. The van der Waals surface area contributed by atoms with Crippen molar-refractivity contribution in [3.05, 3.63) is 84.2 Å². The van der Waals surface area contributed by atoms with Crippen LogP contribution in [-0.4, -0.2) is 43.1 Å². The van der Waals surface area contributed by atoms with Crippen molar-refractivity contribution in [3.8, 4) is 11.5 Å². The lowest BCUT2D eigenvalue weighted by molar-refractivity contribution is -0.113. The van der Waals surface area contributed by atoms with E-state index < -0.39 is 10.0 Å². The molecule has 0 atom stereocenters. The van der Waals surface area contributed by atoms with E-state index in [0.717, 1.165) is 5.69 Å². The number of hydrogen-bond donors (Lipinski definition) is 3. The summed E-state index contributed by atoms with van der Waals surface area (Å²) in [5.74, 6) is -0.869. The van der Waals surface area contributed by atoms with Crippen LogP contribution in [0.4, 0.5) is 5.69 Å². The van der Waals surface area contributed by atoms with Crippen LogP contribution < -0.4 is 9.62 Å². The lowest BCUT2D eigenvalue weighted by Crippen LogP contribution is -2.26. The highest BCUT2D eigenvalue weighted by molar-refractivity contribution is 7.89. The standard InChI is InChI=1S/C23H23N3O5S/c1-26(23(29)12-6-17-5-11-21(27)22(28)16-17)19-7-9-20(10-8-19)32(30,31)25-15-13-18-4-2-3-14-24-18/h2-12,14,16,25,27-28H,13,15H2,1H3/b12-6+. The van der Waals surface area contributed by atoms with E-state index in [-0.39, 0.29) is 28.8 Å². The van der Waals surface area contributed by atoms with Crippen LogP contribution in [0.25, 0.3) is 6.08 Å². The topological polar surface area (TPSA) is 120 Å². The van der Waals surface area contributed by atoms with Gasteiger partial charge in [-0.05, 0) is 60.2 Å². The quantitative estimate of drug-likeness (QED) is 0.356. The van der Waals surface area contributed by atoms with Gasteiger partial charge in [-0.3, -0.25) is 9.78 Å². The van der Waals surface area contributed by atoms with Gasteiger partial charge >= 0.3 is 0 Å². The number of aromatic hydroxyl groups is 2. The van der Waals surface area contributed by atoms with E-state index >= 15 is 0 Å². The van der Waals surface area contributed by atoms with E-state index in [1.54, 1.807) is 37.5 Å². The molecular weight excluding hydrogens is 430 g/mol. The van der Waals surface area contributed by atoms with Gasteiger partial charge < -0.3 is 15.1 Å². The monoisotopic (exact) mass is 453 g/mol. The fourth-order valence-corrected chi connectivity index (χ4v) is 3.87. The van der Waals surface area contributed by atoms with Crippen LogP contribution in [0, 0.1) is 0 Å². The highest BCUT2D eigenvalue weighted by Crippen LogP contribution is 2.25. The van der Waals surface area contributed by atoms with Crippen molar-refractivity contribution >= 4 is 27.7 Å². The van der Waals surface area contributed by atoms with E-state index in [9.17, 15) is 23.4 Å². The molecule has 0 aliphatic rings. The number of phenols is 2. The fraction of sp³-hybridized carbons (Fsp3) is 0.130. The molecular formula is C23H23N3O5S. The predicted octanol–water partition coefficient (Wildman–Crippen LogP) is 2.69. The van der Waals surface area contributed by atoms with Crippen LogP contribution >= 0.6 is 0 Å². The van der Waals surface area contributed by atoms with Crippen LogP contribution in [0.3, 0.4) is 0 Å². The molecule has 1 heterocycles. The average Bonchev–Trinajstić information content (AvgIpc) is 2.80. The number of rotatable bonds is 8. The molecule has 3 aromatic rings. The van der Waals surface area contributed by atoms with Gasteiger partial charge in [-0.25, -0.2) is 13.1 Å². The zero-order valence-corrected chi connectivity index (χ0v) is 18.2. The first-order chi connectivity index (χ1) is 15.3. The zero-order chi connectivity index (χ0) is 23.1. The zero-order valence-electron chi connectivity index (χ0n) is 17.3. The van der Waals surface area contributed by atoms with Gasteiger partial charge in [0.1, 0.15) is 0 Å². The summed E-state index contributed by atoms with van der Waals surface area (Å²) in [6.45, 7) is 0.219. The number of pyridine rings is 1. The van der Waals surface area contributed by atoms with Gasteiger partial charge in [-0.2, -0.15) is 0 Å². The molecule has 0 unspecified atom stereocenters. The van der Waals surface area contributed by atoms with Crippen molar-refractivity contribution in [1.29, 1.82) is 0 Å². The first kappa shape index (κ1) is 23.0. The first-order valence-electron chi connectivity index (χ1n) is 9.74. The van der Waals surface area contributed by atoms with E-state index in [1.807, 2.05) is 12.1 Å². The predicted molar refractivity (Wildman–Crippen MR) is 122 cm³/mol. The smallest absolute Gasteiger partial charge is 0.250 e. The number of sulfonamides is 1. The van der Waals surface area contributed by atoms with Crippen LogP contribution in [0.15, 0.2) is 77.8 Å². The second-order valence-corrected chi connectivity index (χ2v) is 8.71. The third kappa shape index (κ3) is 5.93. The molecule has 1 amide bonds. The number of nitrogens with one attached hydrogen (secondary N) is 1. The summed E-state index contributed by atoms with van der Waals surface area (Å²) in [5, 5.41) is 18.9. The Morgan fingerprint density at radius 2 is 1.81 bits per heavy atom. The Bertz CT molecular complexity index is 1210. The number of amides is 1. The SMILES string of the molecule is CN(C(=O)/C=C/c1ccc(O)c(O)c1)c1ccc(S(=O)(=O)NCCc2ccccn2)cc1. The van der Waals surface area contributed by atoms with Gasteiger partial charge in [0, 0.05) is 43.7 Å². The minimum absolute atomic E-state index is 0.0956. The van der Waals surface area contributed by atoms with Crippen LogP contribution in [-0.2, 0) is 21.2 Å². The van der Waals surface area contributed by atoms with Gasteiger partial charge in [0.05, 0.1) is 4.90 Å². The summed E-state index contributed by atoms with van der Waals surface area (Å²) < 4.78 is 27.5. The molecule has 0 aliphatic heterocycles. The maximum atomic E-state index is 12.5. The number of benzene rings is 2. The highest BCUT2D eigenvalue weighted by Gasteiger charge is 2.15. The molecule has 0 spiro atoms. The number of nitrogens with zero attached hydrogens (tertiary/aromatic N) is 2. The molecule has 8 nitrogen and oxygen atoms in total. The van der Waals surface area contributed by atoms with Gasteiger partial charge in [0.25, 0.3) is 5.91 Å². The Kier molecular flexibility index (Phi) is 7.24. The van der Waals surface area contributed by atoms with E-state index in [0.29, 0.717) is 17.7 Å². The molecule has 1 aromatic heterocycles. The van der Waals surface area contributed by atoms with Gasteiger partial charge in [0.2, 0.25) is 10.0 Å². The number of anilines is 1. The molecule has 3 N–H and O–H groups in total. The molecule has 0 saturated heterocycles. The fourth-order valence-electron chi connectivity index (χ4n) is 2.84. The number of carbonyl (C=O) groups is 1. The molecule has 0 fully saturated rings. The maximum absolute atomic E-state index is 12.5. The maximum Gasteiger partial charge on any atom is 0.250 e. The normalized spacial score (nSPS) is 11.5. The molecule has 0 radical (unpaired) electrons. The lowest BCUT2D eigenvalue weighted by atomic mass is 10.2. The summed E-state index contributed by atoms with van der Waals surface area (Å²) in [6.07, 6.45) is 4.95. The number of carbonyl (C=O) groups excluding carboxylic acids is 1. The van der Waals surface area contributed by atoms with E-state index in [1.165, 1.54) is 41.3 Å². The third-order valence-electron chi connectivity index (χ3n) is 4.68. The van der Waals surface area contributed by atoms with Gasteiger partial charge in [0.15, 0.2) is 11.5 Å². The Morgan fingerprint density at radius 3 is 2.47 bits per heavy atom. The summed E-state index contributed by atoms with van der Waals surface area (Å²) in [4.78, 5) is 18.0.